The zero-order valence-electron chi connectivity index (χ0n) is 15.1. The summed E-state index contributed by atoms with van der Waals surface area (Å²) in [6, 6.07) is 25.9. The van der Waals surface area contributed by atoms with E-state index in [1.54, 1.807) is 11.3 Å². The lowest BCUT2D eigenvalue weighted by Gasteiger charge is -2.22. The number of hydrogen-bond acceptors (Lipinski definition) is 3. The zero-order valence-corrected chi connectivity index (χ0v) is 16.0. The Balaban J connectivity index is 1.67. The van der Waals surface area contributed by atoms with Crippen molar-refractivity contribution in [2.24, 2.45) is 0 Å². The van der Waals surface area contributed by atoms with E-state index in [0.717, 1.165) is 23.7 Å². The van der Waals surface area contributed by atoms with Crippen molar-refractivity contribution >= 4 is 26.7 Å². The van der Waals surface area contributed by atoms with E-state index in [2.05, 4.69) is 91.5 Å². The second-order valence-corrected chi connectivity index (χ2v) is 7.80. The molecule has 0 aliphatic heterocycles. The molecular formula is C23H22N2S. The normalized spacial score (nSPS) is 11.0. The molecule has 26 heavy (non-hydrogen) atoms. The average molecular weight is 359 g/mol. The first-order valence-corrected chi connectivity index (χ1v) is 9.71. The third-order valence-electron chi connectivity index (χ3n) is 4.54. The van der Waals surface area contributed by atoms with Crippen LogP contribution in [-0.2, 0) is 13.1 Å². The van der Waals surface area contributed by atoms with Crippen LogP contribution in [0.1, 0.15) is 22.3 Å². The van der Waals surface area contributed by atoms with Crippen molar-refractivity contribution in [2.75, 3.05) is 4.90 Å². The van der Waals surface area contributed by atoms with Gasteiger partial charge in [0.15, 0.2) is 5.13 Å². The highest BCUT2D eigenvalue weighted by Crippen LogP contribution is 2.30. The van der Waals surface area contributed by atoms with E-state index in [4.69, 9.17) is 4.98 Å². The molecule has 1 aromatic heterocycles. The molecule has 0 aliphatic rings. The Morgan fingerprint density at radius 2 is 1.27 bits per heavy atom. The Labute approximate surface area is 158 Å². The maximum atomic E-state index is 4.88. The smallest absolute Gasteiger partial charge is 0.187 e. The van der Waals surface area contributed by atoms with E-state index in [9.17, 15) is 0 Å². The minimum absolute atomic E-state index is 0.855. The topological polar surface area (TPSA) is 16.1 Å². The van der Waals surface area contributed by atoms with Crippen molar-refractivity contribution in [3.8, 4) is 0 Å². The van der Waals surface area contributed by atoms with Crippen LogP contribution in [0.3, 0.4) is 0 Å². The largest absolute Gasteiger partial charge is 0.339 e. The van der Waals surface area contributed by atoms with Gasteiger partial charge in [0.1, 0.15) is 0 Å². The molecule has 0 amide bonds. The number of anilines is 1. The number of nitrogens with zero attached hydrogens (tertiary/aromatic N) is 2. The molecule has 130 valence electrons. The van der Waals surface area contributed by atoms with Crippen molar-refractivity contribution in [1.29, 1.82) is 0 Å². The first kappa shape index (κ1) is 16.8. The Bertz CT molecular complexity index is 920. The summed E-state index contributed by atoms with van der Waals surface area (Å²) in [5.74, 6) is 0. The van der Waals surface area contributed by atoms with Gasteiger partial charge in [-0.1, -0.05) is 83.1 Å². The molecule has 0 aliphatic carbocycles. The average Bonchev–Trinajstić information content (AvgIpc) is 3.09. The summed E-state index contributed by atoms with van der Waals surface area (Å²) in [4.78, 5) is 7.26. The molecule has 0 bridgehead atoms. The zero-order chi connectivity index (χ0) is 17.9. The highest BCUT2D eigenvalue weighted by atomic mass is 32.1. The molecule has 0 atom stereocenters. The summed E-state index contributed by atoms with van der Waals surface area (Å²) in [7, 11) is 0. The number of thiazole rings is 1. The van der Waals surface area contributed by atoms with Crippen molar-refractivity contribution < 1.29 is 0 Å². The molecule has 3 heteroatoms. The van der Waals surface area contributed by atoms with Crippen LogP contribution in [0.5, 0.6) is 0 Å². The van der Waals surface area contributed by atoms with Gasteiger partial charge in [0.2, 0.25) is 0 Å². The monoisotopic (exact) mass is 358 g/mol. The third kappa shape index (κ3) is 3.78. The van der Waals surface area contributed by atoms with Crippen LogP contribution in [0, 0.1) is 13.8 Å². The Morgan fingerprint density at radius 1 is 0.731 bits per heavy atom. The lowest BCUT2D eigenvalue weighted by atomic mass is 10.1. The van der Waals surface area contributed by atoms with Crippen LogP contribution < -0.4 is 4.90 Å². The lowest BCUT2D eigenvalue weighted by Crippen LogP contribution is -2.21. The molecule has 0 unspecified atom stereocenters. The molecule has 4 rings (SSSR count). The highest BCUT2D eigenvalue weighted by Gasteiger charge is 2.13. The quantitative estimate of drug-likeness (QED) is 0.427. The Kier molecular flexibility index (Phi) is 4.72. The molecule has 2 nitrogen and oxygen atoms in total. The predicted octanol–water partition coefficient (Wildman–Crippen LogP) is 6.12. The minimum Gasteiger partial charge on any atom is -0.339 e. The van der Waals surface area contributed by atoms with E-state index in [-0.39, 0.29) is 0 Å². The molecular weight excluding hydrogens is 336 g/mol. The molecule has 1 heterocycles. The number of benzene rings is 3. The maximum Gasteiger partial charge on any atom is 0.187 e. The van der Waals surface area contributed by atoms with Crippen LogP contribution >= 0.6 is 11.3 Å². The van der Waals surface area contributed by atoms with Gasteiger partial charge in [-0.2, -0.15) is 0 Å². The molecule has 4 aromatic rings. The summed E-state index contributed by atoms with van der Waals surface area (Å²) in [5.41, 5.74) is 6.27. The molecule has 0 saturated carbocycles. The molecule has 0 radical (unpaired) electrons. The van der Waals surface area contributed by atoms with Gasteiger partial charge >= 0.3 is 0 Å². The van der Waals surface area contributed by atoms with Crippen molar-refractivity contribution in [3.63, 3.8) is 0 Å². The summed E-state index contributed by atoms with van der Waals surface area (Å²) in [6.07, 6.45) is 0. The van der Waals surface area contributed by atoms with Crippen LogP contribution in [-0.4, -0.2) is 4.98 Å². The highest BCUT2D eigenvalue weighted by molar-refractivity contribution is 7.22. The van der Waals surface area contributed by atoms with Crippen LogP contribution in [0.2, 0.25) is 0 Å². The van der Waals surface area contributed by atoms with E-state index in [1.807, 2.05) is 0 Å². The fourth-order valence-corrected chi connectivity index (χ4v) is 3.98. The molecule has 0 fully saturated rings. The third-order valence-corrected chi connectivity index (χ3v) is 5.64. The van der Waals surface area contributed by atoms with Gasteiger partial charge in [-0.25, -0.2) is 4.98 Å². The van der Waals surface area contributed by atoms with Gasteiger partial charge < -0.3 is 4.90 Å². The number of aryl methyl sites for hydroxylation is 2. The summed E-state index contributed by atoms with van der Waals surface area (Å²) in [5, 5.41) is 1.08. The van der Waals surface area contributed by atoms with E-state index >= 15 is 0 Å². The molecule has 0 N–H and O–H groups in total. The van der Waals surface area contributed by atoms with Crippen molar-refractivity contribution in [3.05, 3.63) is 95.1 Å². The second-order valence-electron chi connectivity index (χ2n) is 6.79. The fraction of sp³-hybridized carbons (Fsp3) is 0.174. The summed E-state index contributed by atoms with van der Waals surface area (Å²) < 4.78 is 1.24. The number of para-hydroxylation sites is 1. The molecule has 0 saturated heterocycles. The first-order valence-electron chi connectivity index (χ1n) is 8.89. The predicted molar refractivity (Wildman–Crippen MR) is 112 cm³/mol. The summed E-state index contributed by atoms with van der Waals surface area (Å²) >= 11 is 1.76. The van der Waals surface area contributed by atoms with Crippen molar-refractivity contribution in [1.82, 2.24) is 4.98 Å². The van der Waals surface area contributed by atoms with Gasteiger partial charge in [-0.3, -0.25) is 0 Å². The Hall–Kier alpha value is -2.65. The Morgan fingerprint density at radius 3 is 1.81 bits per heavy atom. The van der Waals surface area contributed by atoms with Gasteiger partial charge in [0.05, 0.1) is 10.2 Å². The molecule has 0 spiro atoms. The maximum absolute atomic E-state index is 4.88. The number of aromatic nitrogens is 1. The second kappa shape index (κ2) is 7.30. The van der Waals surface area contributed by atoms with Crippen LogP contribution in [0.25, 0.3) is 10.2 Å². The first-order chi connectivity index (χ1) is 12.7. The van der Waals surface area contributed by atoms with E-state index < -0.39 is 0 Å². The van der Waals surface area contributed by atoms with Crippen molar-refractivity contribution in [2.45, 2.75) is 26.9 Å². The van der Waals surface area contributed by atoms with Crippen LogP contribution in [0.15, 0.2) is 72.8 Å². The molecule has 3 aromatic carbocycles. The van der Waals surface area contributed by atoms with Gasteiger partial charge in [0, 0.05) is 13.1 Å². The standard InChI is InChI=1S/C23H22N2S/c1-17-7-11-19(12-8-17)15-25(16-20-13-9-18(2)10-14-20)23-24-21-5-3-4-6-22(21)26-23/h3-14H,15-16H2,1-2H3. The number of rotatable bonds is 5. The van der Waals surface area contributed by atoms with E-state index in [0.29, 0.717) is 0 Å². The van der Waals surface area contributed by atoms with Gasteiger partial charge in [0.25, 0.3) is 0 Å². The minimum atomic E-state index is 0.855. The van der Waals surface area contributed by atoms with Gasteiger partial charge in [-0.15, -0.1) is 0 Å². The van der Waals surface area contributed by atoms with Crippen LogP contribution in [0.4, 0.5) is 5.13 Å². The fourth-order valence-electron chi connectivity index (χ4n) is 3.01. The van der Waals surface area contributed by atoms with Gasteiger partial charge in [-0.05, 0) is 37.1 Å². The summed E-state index contributed by atoms with van der Waals surface area (Å²) in [6.45, 7) is 5.96. The number of fused-ring (bicyclic) bond motifs is 1. The SMILES string of the molecule is Cc1ccc(CN(Cc2ccc(C)cc2)c2nc3ccccc3s2)cc1. The van der Waals surface area contributed by atoms with E-state index in [1.165, 1.54) is 27.0 Å². The lowest BCUT2D eigenvalue weighted by molar-refractivity contribution is 0.796. The number of hydrogen-bond donors (Lipinski definition) is 0.